The lowest BCUT2D eigenvalue weighted by molar-refractivity contribution is -0.116. The summed E-state index contributed by atoms with van der Waals surface area (Å²) in [6, 6.07) is 11.7. The summed E-state index contributed by atoms with van der Waals surface area (Å²) in [7, 11) is -3.79. The van der Waals surface area contributed by atoms with Gasteiger partial charge in [0.25, 0.3) is 0 Å². The number of carbonyl (C=O) groups excluding carboxylic acids is 1. The molecule has 0 radical (unpaired) electrons. The monoisotopic (exact) mass is 403 g/mol. The molecule has 3 rings (SSSR count). The number of carbonyl (C=O) groups is 1. The first-order chi connectivity index (χ1) is 13.3. The number of anilines is 1. The SMILES string of the molecule is CCOc1ccc(OCC)c(NC(=O)C2(S(=O)(=O)c3ccc(C)cc3)CC2)c1. The summed E-state index contributed by atoms with van der Waals surface area (Å²) in [4.78, 5) is 13.2. The highest BCUT2D eigenvalue weighted by molar-refractivity contribution is 7.94. The van der Waals surface area contributed by atoms with Crippen LogP contribution < -0.4 is 14.8 Å². The number of sulfone groups is 1. The molecule has 1 fully saturated rings. The van der Waals surface area contributed by atoms with E-state index in [9.17, 15) is 13.2 Å². The maximum Gasteiger partial charge on any atom is 0.246 e. The van der Waals surface area contributed by atoms with Crippen LogP contribution in [-0.2, 0) is 14.6 Å². The van der Waals surface area contributed by atoms with Crippen LogP contribution in [0.25, 0.3) is 0 Å². The predicted octanol–water partition coefficient (Wildman–Crippen LogP) is 3.74. The van der Waals surface area contributed by atoms with Crippen molar-refractivity contribution >= 4 is 21.4 Å². The van der Waals surface area contributed by atoms with Gasteiger partial charge in [-0.2, -0.15) is 0 Å². The third-order valence-corrected chi connectivity index (χ3v) is 7.29. The fourth-order valence-corrected chi connectivity index (χ4v) is 4.94. The number of aryl methyl sites for hydroxylation is 1. The maximum absolute atomic E-state index is 13.1. The third kappa shape index (κ3) is 3.71. The van der Waals surface area contributed by atoms with Crippen molar-refractivity contribution in [3.63, 3.8) is 0 Å². The molecule has 2 aromatic carbocycles. The van der Waals surface area contributed by atoms with Gasteiger partial charge in [0.2, 0.25) is 5.91 Å². The zero-order valence-corrected chi connectivity index (χ0v) is 17.1. The second-order valence-corrected chi connectivity index (χ2v) is 9.05. The first kappa shape index (κ1) is 20.2. The third-order valence-electron chi connectivity index (χ3n) is 4.77. The molecule has 0 spiro atoms. The van der Waals surface area contributed by atoms with Crippen LogP contribution in [-0.4, -0.2) is 32.3 Å². The normalized spacial score (nSPS) is 15.0. The standard InChI is InChI=1S/C21H25NO5S/c1-4-26-16-8-11-19(27-5-2)18(14-16)22-20(23)21(12-13-21)28(24,25)17-9-6-15(3)7-10-17/h6-11,14H,4-5,12-13H2,1-3H3,(H,22,23). The Morgan fingerprint density at radius 1 is 1.04 bits per heavy atom. The average Bonchev–Trinajstić information content (AvgIpc) is 3.47. The lowest BCUT2D eigenvalue weighted by atomic mass is 10.2. The van der Waals surface area contributed by atoms with Gasteiger partial charge >= 0.3 is 0 Å². The fraction of sp³-hybridized carbons (Fsp3) is 0.381. The average molecular weight is 404 g/mol. The summed E-state index contributed by atoms with van der Waals surface area (Å²) in [5.41, 5.74) is 1.37. The maximum atomic E-state index is 13.1. The summed E-state index contributed by atoms with van der Waals surface area (Å²) in [6.07, 6.45) is 0.592. The highest BCUT2D eigenvalue weighted by atomic mass is 32.2. The number of ether oxygens (including phenoxy) is 2. The van der Waals surface area contributed by atoms with E-state index in [1.807, 2.05) is 20.8 Å². The minimum atomic E-state index is -3.79. The number of amides is 1. The van der Waals surface area contributed by atoms with Gasteiger partial charge in [-0.3, -0.25) is 4.79 Å². The van der Waals surface area contributed by atoms with Crippen molar-refractivity contribution in [3.05, 3.63) is 48.0 Å². The van der Waals surface area contributed by atoms with Crippen molar-refractivity contribution in [3.8, 4) is 11.5 Å². The molecule has 6 nitrogen and oxygen atoms in total. The second kappa shape index (κ2) is 7.83. The summed E-state index contributed by atoms with van der Waals surface area (Å²) in [5, 5.41) is 2.76. The molecule has 28 heavy (non-hydrogen) atoms. The van der Waals surface area contributed by atoms with Crippen molar-refractivity contribution in [2.45, 2.75) is 43.3 Å². The van der Waals surface area contributed by atoms with E-state index in [0.29, 0.717) is 43.2 Å². The highest BCUT2D eigenvalue weighted by Crippen LogP contribution is 2.48. The quantitative estimate of drug-likeness (QED) is 0.726. The molecule has 1 N–H and O–H groups in total. The van der Waals surface area contributed by atoms with Crippen molar-refractivity contribution < 1.29 is 22.7 Å². The fourth-order valence-electron chi connectivity index (χ4n) is 3.06. The minimum absolute atomic E-state index is 0.166. The molecule has 0 bridgehead atoms. The Hall–Kier alpha value is -2.54. The summed E-state index contributed by atoms with van der Waals surface area (Å²) >= 11 is 0. The van der Waals surface area contributed by atoms with Gasteiger partial charge in [-0.25, -0.2) is 8.42 Å². The van der Waals surface area contributed by atoms with E-state index in [0.717, 1.165) is 5.56 Å². The molecule has 0 atom stereocenters. The number of rotatable bonds is 8. The van der Waals surface area contributed by atoms with E-state index >= 15 is 0 Å². The summed E-state index contributed by atoms with van der Waals surface area (Å²) < 4.78 is 35.9. The molecule has 0 heterocycles. The Morgan fingerprint density at radius 2 is 1.68 bits per heavy atom. The van der Waals surface area contributed by atoms with Crippen LogP contribution in [0.2, 0.25) is 0 Å². The molecule has 7 heteroatoms. The minimum Gasteiger partial charge on any atom is -0.494 e. The number of nitrogens with one attached hydrogen (secondary N) is 1. The Kier molecular flexibility index (Phi) is 5.65. The number of hydrogen-bond acceptors (Lipinski definition) is 5. The van der Waals surface area contributed by atoms with Crippen LogP contribution in [0.5, 0.6) is 11.5 Å². The molecule has 0 unspecified atom stereocenters. The summed E-state index contributed by atoms with van der Waals surface area (Å²) in [6.45, 7) is 6.49. The molecule has 1 aliphatic carbocycles. The van der Waals surface area contributed by atoms with Crippen molar-refractivity contribution in [1.29, 1.82) is 0 Å². The van der Waals surface area contributed by atoms with Gasteiger partial charge < -0.3 is 14.8 Å². The lowest BCUT2D eigenvalue weighted by Crippen LogP contribution is -2.37. The second-order valence-electron chi connectivity index (χ2n) is 6.79. The molecule has 150 valence electrons. The van der Waals surface area contributed by atoms with Crippen LogP contribution in [0.1, 0.15) is 32.3 Å². The van der Waals surface area contributed by atoms with Gasteiger partial charge in [0.15, 0.2) is 14.6 Å². The van der Waals surface area contributed by atoms with E-state index < -0.39 is 20.5 Å². The van der Waals surface area contributed by atoms with Crippen LogP contribution in [0, 0.1) is 6.92 Å². The highest BCUT2D eigenvalue weighted by Gasteiger charge is 2.61. The summed E-state index contributed by atoms with van der Waals surface area (Å²) in [5.74, 6) is 0.512. The van der Waals surface area contributed by atoms with Gasteiger partial charge in [-0.1, -0.05) is 17.7 Å². The van der Waals surface area contributed by atoms with Gasteiger partial charge in [-0.05, 0) is 57.9 Å². The predicted molar refractivity (Wildman–Crippen MR) is 108 cm³/mol. The van der Waals surface area contributed by atoms with Crippen LogP contribution >= 0.6 is 0 Å². The first-order valence-corrected chi connectivity index (χ1v) is 10.8. The molecule has 0 aromatic heterocycles. The molecular weight excluding hydrogens is 378 g/mol. The Bertz CT molecular complexity index is 963. The van der Waals surface area contributed by atoms with Crippen LogP contribution in [0.15, 0.2) is 47.4 Å². The zero-order chi connectivity index (χ0) is 20.4. The molecular formula is C21H25NO5S. The van der Waals surface area contributed by atoms with Crippen molar-refractivity contribution in [2.75, 3.05) is 18.5 Å². The van der Waals surface area contributed by atoms with E-state index in [-0.39, 0.29) is 4.90 Å². The van der Waals surface area contributed by atoms with E-state index in [1.165, 1.54) is 0 Å². The molecule has 1 saturated carbocycles. The van der Waals surface area contributed by atoms with E-state index in [2.05, 4.69) is 5.32 Å². The number of hydrogen-bond donors (Lipinski definition) is 1. The van der Waals surface area contributed by atoms with Gasteiger partial charge in [-0.15, -0.1) is 0 Å². The van der Waals surface area contributed by atoms with Crippen molar-refractivity contribution in [1.82, 2.24) is 0 Å². The van der Waals surface area contributed by atoms with Crippen LogP contribution in [0.4, 0.5) is 5.69 Å². The van der Waals surface area contributed by atoms with Crippen molar-refractivity contribution in [2.24, 2.45) is 0 Å². The zero-order valence-electron chi connectivity index (χ0n) is 16.3. The van der Waals surface area contributed by atoms with E-state index in [4.69, 9.17) is 9.47 Å². The Labute approximate surface area is 165 Å². The topological polar surface area (TPSA) is 81.7 Å². The molecule has 2 aromatic rings. The van der Waals surface area contributed by atoms with Gasteiger partial charge in [0.05, 0.1) is 23.8 Å². The lowest BCUT2D eigenvalue weighted by Gasteiger charge is -2.19. The number of benzene rings is 2. The van der Waals surface area contributed by atoms with E-state index in [1.54, 1.807) is 42.5 Å². The Balaban J connectivity index is 1.90. The largest absolute Gasteiger partial charge is 0.494 e. The van der Waals surface area contributed by atoms with Gasteiger partial charge in [0, 0.05) is 6.07 Å². The van der Waals surface area contributed by atoms with Gasteiger partial charge in [0.1, 0.15) is 11.5 Å². The van der Waals surface area contributed by atoms with Crippen LogP contribution in [0.3, 0.4) is 0 Å². The molecule has 1 amide bonds. The molecule has 1 aliphatic rings. The Morgan fingerprint density at radius 3 is 2.25 bits per heavy atom. The first-order valence-electron chi connectivity index (χ1n) is 9.36. The smallest absolute Gasteiger partial charge is 0.246 e. The molecule has 0 aliphatic heterocycles. The molecule has 0 saturated heterocycles.